The zero-order chi connectivity index (χ0) is 14.9. The fraction of sp³-hybridized carbons (Fsp3) is 0.438. The first-order chi connectivity index (χ1) is 9.45. The predicted molar refractivity (Wildman–Crippen MR) is 81.2 cm³/mol. The molecule has 0 amide bonds. The molecule has 0 radical (unpaired) electrons. The smallest absolute Gasteiger partial charge is 0.131 e. The van der Waals surface area contributed by atoms with Crippen LogP contribution in [0.25, 0.3) is 11.3 Å². The third-order valence-electron chi connectivity index (χ3n) is 3.44. The number of aromatic nitrogens is 2. The van der Waals surface area contributed by atoms with E-state index in [1.165, 1.54) is 6.07 Å². The van der Waals surface area contributed by atoms with Gasteiger partial charge in [-0.15, -0.1) is 0 Å². The number of rotatable bonds is 4. The largest absolute Gasteiger partial charge is 0.383 e. The summed E-state index contributed by atoms with van der Waals surface area (Å²) in [5.74, 6) is 1.45. The van der Waals surface area contributed by atoms with E-state index in [1.807, 2.05) is 0 Å². The molecule has 0 atom stereocenters. The summed E-state index contributed by atoms with van der Waals surface area (Å²) in [4.78, 5) is 4.68. The monoisotopic (exact) mass is 275 g/mol. The van der Waals surface area contributed by atoms with Gasteiger partial charge in [-0.3, -0.25) is 0 Å². The minimum absolute atomic E-state index is 0.204. The number of nitrogens with zero attached hydrogens (tertiary/aromatic N) is 2. The molecule has 2 N–H and O–H groups in total. The van der Waals surface area contributed by atoms with Gasteiger partial charge >= 0.3 is 0 Å². The Bertz CT molecular complexity index is 614. The van der Waals surface area contributed by atoms with Crippen molar-refractivity contribution in [3.05, 3.63) is 35.4 Å². The fourth-order valence-corrected chi connectivity index (χ4v) is 2.47. The minimum atomic E-state index is -0.204. The fourth-order valence-electron chi connectivity index (χ4n) is 2.47. The van der Waals surface area contributed by atoms with Crippen molar-refractivity contribution in [3.63, 3.8) is 0 Å². The van der Waals surface area contributed by atoms with E-state index in [-0.39, 0.29) is 11.9 Å². The Morgan fingerprint density at radius 3 is 2.60 bits per heavy atom. The summed E-state index contributed by atoms with van der Waals surface area (Å²) in [6, 6.07) is 5.27. The zero-order valence-corrected chi connectivity index (χ0v) is 12.6. The van der Waals surface area contributed by atoms with E-state index in [2.05, 4.69) is 30.3 Å². The van der Waals surface area contributed by atoms with Gasteiger partial charge in [-0.05, 0) is 51.0 Å². The molecule has 3 nitrogen and oxygen atoms in total. The van der Waals surface area contributed by atoms with Crippen molar-refractivity contribution in [1.82, 2.24) is 9.55 Å². The van der Waals surface area contributed by atoms with Gasteiger partial charge in [0.25, 0.3) is 0 Å². The lowest BCUT2D eigenvalue weighted by molar-refractivity contribution is 0.571. The number of aryl methyl sites for hydroxylation is 2. The van der Waals surface area contributed by atoms with Crippen LogP contribution in [0.5, 0.6) is 0 Å². The Balaban J connectivity index is 2.56. The highest BCUT2D eigenvalue weighted by Gasteiger charge is 2.18. The van der Waals surface area contributed by atoms with Gasteiger partial charge in [0.2, 0.25) is 0 Å². The van der Waals surface area contributed by atoms with E-state index < -0.39 is 0 Å². The van der Waals surface area contributed by atoms with Gasteiger partial charge < -0.3 is 10.3 Å². The number of hydrogen-bond donors (Lipinski definition) is 1. The van der Waals surface area contributed by atoms with Gasteiger partial charge in [0.05, 0.1) is 0 Å². The van der Waals surface area contributed by atoms with Crippen LogP contribution in [0, 0.1) is 12.7 Å². The average Bonchev–Trinajstić information content (AvgIpc) is 2.70. The number of hydrogen-bond acceptors (Lipinski definition) is 2. The average molecular weight is 275 g/mol. The Labute approximate surface area is 119 Å². The maximum atomic E-state index is 13.4. The molecule has 4 heteroatoms. The van der Waals surface area contributed by atoms with Gasteiger partial charge in [0, 0.05) is 18.0 Å². The predicted octanol–water partition coefficient (Wildman–Crippen LogP) is 4.11. The molecular weight excluding hydrogens is 253 g/mol. The molecule has 0 aliphatic carbocycles. The van der Waals surface area contributed by atoms with Crippen molar-refractivity contribution in [1.29, 1.82) is 0 Å². The molecule has 1 aromatic carbocycles. The molecule has 2 aromatic rings. The SMILES string of the molecule is CCCc1nc(-c2ccc(F)c(C)c2)c(N)n1C(C)C. The van der Waals surface area contributed by atoms with E-state index in [9.17, 15) is 4.39 Å². The Morgan fingerprint density at radius 1 is 1.35 bits per heavy atom. The molecule has 0 bridgehead atoms. The van der Waals surface area contributed by atoms with Gasteiger partial charge in [-0.1, -0.05) is 6.92 Å². The number of nitrogen functional groups attached to an aromatic ring is 1. The van der Waals surface area contributed by atoms with Crippen LogP contribution in [0.4, 0.5) is 10.2 Å². The van der Waals surface area contributed by atoms with Crippen molar-refractivity contribution in [2.45, 2.75) is 46.6 Å². The highest BCUT2D eigenvalue weighted by Crippen LogP contribution is 2.30. The van der Waals surface area contributed by atoms with E-state index in [0.29, 0.717) is 11.4 Å². The lowest BCUT2D eigenvalue weighted by Crippen LogP contribution is -2.09. The molecule has 20 heavy (non-hydrogen) atoms. The molecule has 0 aliphatic rings. The van der Waals surface area contributed by atoms with E-state index in [4.69, 9.17) is 5.73 Å². The molecule has 0 saturated carbocycles. The van der Waals surface area contributed by atoms with Gasteiger partial charge in [-0.25, -0.2) is 9.37 Å². The lowest BCUT2D eigenvalue weighted by atomic mass is 10.1. The number of anilines is 1. The van der Waals surface area contributed by atoms with Gasteiger partial charge in [0.1, 0.15) is 23.2 Å². The van der Waals surface area contributed by atoms with Crippen LogP contribution < -0.4 is 5.73 Å². The normalized spacial score (nSPS) is 11.3. The number of halogens is 1. The molecule has 2 rings (SSSR count). The summed E-state index contributed by atoms with van der Waals surface area (Å²) in [7, 11) is 0. The topological polar surface area (TPSA) is 43.8 Å². The molecule has 0 spiro atoms. The molecule has 1 aromatic heterocycles. The summed E-state index contributed by atoms with van der Waals surface area (Å²) in [6.07, 6.45) is 1.91. The minimum Gasteiger partial charge on any atom is -0.383 e. The molecule has 1 heterocycles. The van der Waals surface area contributed by atoms with Crippen LogP contribution in [0.15, 0.2) is 18.2 Å². The van der Waals surface area contributed by atoms with Crippen molar-refractivity contribution in [3.8, 4) is 11.3 Å². The number of nitrogens with two attached hydrogens (primary N) is 1. The Kier molecular flexibility index (Phi) is 4.12. The van der Waals surface area contributed by atoms with Crippen LogP contribution in [0.2, 0.25) is 0 Å². The Hall–Kier alpha value is -1.84. The van der Waals surface area contributed by atoms with E-state index in [1.54, 1.807) is 19.1 Å². The van der Waals surface area contributed by atoms with Crippen LogP contribution in [-0.2, 0) is 6.42 Å². The van der Waals surface area contributed by atoms with Crippen LogP contribution >= 0.6 is 0 Å². The quantitative estimate of drug-likeness (QED) is 0.912. The molecular formula is C16H22FN3. The molecule has 108 valence electrons. The molecule has 0 unspecified atom stereocenters. The molecule has 0 aliphatic heterocycles. The van der Waals surface area contributed by atoms with Gasteiger partial charge in [0.15, 0.2) is 0 Å². The maximum absolute atomic E-state index is 13.4. The van der Waals surface area contributed by atoms with Crippen molar-refractivity contribution in [2.75, 3.05) is 5.73 Å². The first kappa shape index (κ1) is 14.6. The van der Waals surface area contributed by atoms with Crippen molar-refractivity contribution < 1.29 is 4.39 Å². The van der Waals surface area contributed by atoms with Crippen LogP contribution in [0.3, 0.4) is 0 Å². The number of imidazole rings is 1. The van der Waals surface area contributed by atoms with Crippen LogP contribution in [0.1, 0.15) is 44.6 Å². The zero-order valence-electron chi connectivity index (χ0n) is 12.6. The van der Waals surface area contributed by atoms with E-state index >= 15 is 0 Å². The summed E-state index contributed by atoms with van der Waals surface area (Å²) in [5.41, 5.74) is 8.50. The molecule has 0 saturated heterocycles. The summed E-state index contributed by atoms with van der Waals surface area (Å²) < 4.78 is 15.5. The van der Waals surface area contributed by atoms with Gasteiger partial charge in [-0.2, -0.15) is 0 Å². The molecule has 0 fully saturated rings. The standard InChI is InChI=1S/C16H22FN3/c1-5-6-14-19-15(16(18)20(14)10(2)3)12-7-8-13(17)11(4)9-12/h7-10H,5-6,18H2,1-4H3. The summed E-state index contributed by atoms with van der Waals surface area (Å²) >= 11 is 0. The highest BCUT2D eigenvalue weighted by atomic mass is 19.1. The van der Waals surface area contributed by atoms with Crippen molar-refractivity contribution >= 4 is 5.82 Å². The summed E-state index contributed by atoms with van der Waals surface area (Å²) in [5, 5.41) is 0. The number of benzene rings is 1. The first-order valence-electron chi connectivity index (χ1n) is 7.08. The highest BCUT2D eigenvalue weighted by molar-refractivity contribution is 5.71. The third kappa shape index (κ3) is 2.55. The third-order valence-corrected chi connectivity index (χ3v) is 3.44. The van der Waals surface area contributed by atoms with E-state index in [0.717, 1.165) is 29.9 Å². The lowest BCUT2D eigenvalue weighted by Gasteiger charge is -2.13. The first-order valence-corrected chi connectivity index (χ1v) is 7.08. The second kappa shape index (κ2) is 5.65. The van der Waals surface area contributed by atoms with Crippen LogP contribution in [-0.4, -0.2) is 9.55 Å². The second-order valence-corrected chi connectivity index (χ2v) is 5.44. The maximum Gasteiger partial charge on any atom is 0.131 e. The second-order valence-electron chi connectivity index (χ2n) is 5.44. The Morgan fingerprint density at radius 2 is 2.05 bits per heavy atom. The van der Waals surface area contributed by atoms with Crippen molar-refractivity contribution in [2.24, 2.45) is 0 Å². The summed E-state index contributed by atoms with van der Waals surface area (Å²) in [6.45, 7) is 8.06.